The number of halogens is 1. The second kappa shape index (κ2) is 6.04. The van der Waals surface area contributed by atoms with Crippen LogP contribution in [0.3, 0.4) is 0 Å². The summed E-state index contributed by atoms with van der Waals surface area (Å²) in [5, 5.41) is 0. The van der Waals surface area contributed by atoms with Crippen molar-refractivity contribution >= 4 is 5.91 Å². The third-order valence-electron chi connectivity index (χ3n) is 2.74. The van der Waals surface area contributed by atoms with Gasteiger partial charge < -0.3 is 4.90 Å². The molecule has 0 N–H and O–H groups in total. The molecule has 0 bridgehead atoms. The van der Waals surface area contributed by atoms with Crippen LogP contribution in [0.5, 0.6) is 0 Å². The van der Waals surface area contributed by atoms with Crippen molar-refractivity contribution in [2.75, 3.05) is 6.54 Å². The summed E-state index contributed by atoms with van der Waals surface area (Å²) < 4.78 is 13.5. The standard InChI is InChI=1S/C14H14FN3O/c1-2-18(10-11-6-3-4-8-16-11)14(19)12-7-5-9-17-13(12)15/h3-9H,2,10H2,1H3. The first kappa shape index (κ1) is 13.1. The fourth-order valence-corrected chi connectivity index (χ4v) is 1.73. The molecule has 1 amide bonds. The summed E-state index contributed by atoms with van der Waals surface area (Å²) in [4.78, 5) is 21.4. The van der Waals surface area contributed by atoms with Crippen LogP contribution in [0.1, 0.15) is 23.0 Å². The fourth-order valence-electron chi connectivity index (χ4n) is 1.73. The molecule has 0 fully saturated rings. The largest absolute Gasteiger partial charge is 0.333 e. The molecule has 0 aromatic carbocycles. The van der Waals surface area contributed by atoms with Crippen LogP contribution in [-0.4, -0.2) is 27.3 Å². The van der Waals surface area contributed by atoms with Crippen molar-refractivity contribution in [3.63, 3.8) is 0 Å². The number of pyridine rings is 2. The van der Waals surface area contributed by atoms with Gasteiger partial charge in [0.15, 0.2) is 0 Å². The molecule has 2 rings (SSSR count). The van der Waals surface area contributed by atoms with E-state index < -0.39 is 5.95 Å². The molecule has 2 aromatic rings. The van der Waals surface area contributed by atoms with Crippen LogP contribution < -0.4 is 0 Å². The zero-order chi connectivity index (χ0) is 13.7. The van der Waals surface area contributed by atoms with Gasteiger partial charge in [-0.2, -0.15) is 4.39 Å². The first-order chi connectivity index (χ1) is 9.22. The minimum atomic E-state index is -0.744. The first-order valence-corrected chi connectivity index (χ1v) is 6.02. The van der Waals surface area contributed by atoms with E-state index in [-0.39, 0.29) is 11.5 Å². The van der Waals surface area contributed by atoms with Gasteiger partial charge in [-0.05, 0) is 31.2 Å². The number of hydrogen-bond donors (Lipinski definition) is 0. The van der Waals surface area contributed by atoms with E-state index in [9.17, 15) is 9.18 Å². The smallest absolute Gasteiger partial charge is 0.258 e. The SMILES string of the molecule is CCN(Cc1ccccn1)C(=O)c1cccnc1F. The van der Waals surface area contributed by atoms with Gasteiger partial charge in [0.25, 0.3) is 5.91 Å². The van der Waals surface area contributed by atoms with Crippen LogP contribution in [0.2, 0.25) is 0 Å². The Morgan fingerprint density at radius 2 is 2.00 bits per heavy atom. The third-order valence-corrected chi connectivity index (χ3v) is 2.74. The lowest BCUT2D eigenvalue weighted by Crippen LogP contribution is -2.31. The maximum atomic E-state index is 13.5. The van der Waals surface area contributed by atoms with Crippen molar-refractivity contribution < 1.29 is 9.18 Å². The predicted octanol–water partition coefficient (Wildman–Crippen LogP) is 2.28. The van der Waals surface area contributed by atoms with Gasteiger partial charge in [0.1, 0.15) is 0 Å². The van der Waals surface area contributed by atoms with E-state index in [1.165, 1.54) is 17.2 Å². The lowest BCUT2D eigenvalue weighted by atomic mass is 10.2. The number of rotatable bonds is 4. The average Bonchev–Trinajstić information content (AvgIpc) is 2.46. The summed E-state index contributed by atoms with van der Waals surface area (Å²) in [6.45, 7) is 2.67. The average molecular weight is 259 g/mol. The van der Waals surface area contributed by atoms with E-state index in [0.717, 1.165) is 5.69 Å². The van der Waals surface area contributed by atoms with Gasteiger partial charge in [0.2, 0.25) is 5.95 Å². The van der Waals surface area contributed by atoms with Gasteiger partial charge in [0, 0.05) is 18.9 Å². The van der Waals surface area contributed by atoms with Crippen LogP contribution >= 0.6 is 0 Å². The predicted molar refractivity (Wildman–Crippen MR) is 68.8 cm³/mol. The van der Waals surface area contributed by atoms with Gasteiger partial charge in [-0.1, -0.05) is 6.07 Å². The van der Waals surface area contributed by atoms with Crippen LogP contribution in [0.15, 0.2) is 42.7 Å². The number of carbonyl (C=O) groups excluding carboxylic acids is 1. The molecule has 98 valence electrons. The Balaban J connectivity index is 2.18. The zero-order valence-electron chi connectivity index (χ0n) is 10.6. The fraction of sp³-hybridized carbons (Fsp3) is 0.214. The van der Waals surface area contributed by atoms with Crippen molar-refractivity contribution in [1.29, 1.82) is 0 Å². The van der Waals surface area contributed by atoms with Gasteiger partial charge in [-0.25, -0.2) is 4.98 Å². The first-order valence-electron chi connectivity index (χ1n) is 6.02. The van der Waals surface area contributed by atoms with Crippen molar-refractivity contribution in [3.05, 3.63) is 59.9 Å². The van der Waals surface area contributed by atoms with E-state index in [4.69, 9.17) is 0 Å². The van der Waals surface area contributed by atoms with Crippen molar-refractivity contribution in [3.8, 4) is 0 Å². The monoisotopic (exact) mass is 259 g/mol. The summed E-state index contributed by atoms with van der Waals surface area (Å²) >= 11 is 0. The Morgan fingerprint density at radius 3 is 2.63 bits per heavy atom. The Hall–Kier alpha value is -2.30. The van der Waals surface area contributed by atoms with E-state index in [0.29, 0.717) is 13.1 Å². The third kappa shape index (κ3) is 3.13. The van der Waals surface area contributed by atoms with Crippen LogP contribution in [-0.2, 0) is 6.54 Å². The van der Waals surface area contributed by atoms with E-state index >= 15 is 0 Å². The normalized spacial score (nSPS) is 10.2. The minimum absolute atomic E-state index is 0.0136. The summed E-state index contributed by atoms with van der Waals surface area (Å²) in [6, 6.07) is 8.47. The molecule has 0 spiro atoms. The number of amides is 1. The van der Waals surface area contributed by atoms with E-state index in [2.05, 4.69) is 9.97 Å². The number of hydrogen-bond acceptors (Lipinski definition) is 3. The summed E-state index contributed by atoms with van der Waals surface area (Å²) in [5.41, 5.74) is 0.752. The highest BCUT2D eigenvalue weighted by Crippen LogP contribution is 2.10. The zero-order valence-corrected chi connectivity index (χ0v) is 10.6. The molecule has 0 aliphatic rings. The molecule has 0 aliphatic carbocycles. The molecule has 5 heteroatoms. The molecular formula is C14H14FN3O. The van der Waals surface area contributed by atoms with Gasteiger partial charge in [0.05, 0.1) is 17.8 Å². The molecule has 0 atom stereocenters. The lowest BCUT2D eigenvalue weighted by Gasteiger charge is -2.20. The topological polar surface area (TPSA) is 46.1 Å². The quantitative estimate of drug-likeness (QED) is 0.791. The Labute approximate surface area is 110 Å². The van der Waals surface area contributed by atoms with E-state index in [1.54, 1.807) is 12.3 Å². The van der Waals surface area contributed by atoms with Crippen molar-refractivity contribution in [2.24, 2.45) is 0 Å². The number of aromatic nitrogens is 2. The minimum Gasteiger partial charge on any atom is -0.333 e. The summed E-state index contributed by atoms with van der Waals surface area (Å²) in [7, 11) is 0. The molecule has 0 radical (unpaired) electrons. The Bertz CT molecular complexity index is 560. The highest BCUT2D eigenvalue weighted by Gasteiger charge is 2.18. The molecule has 19 heavy (non-hydrogen) atoms. The lowest BCUT2D eigenvalue weighted by molar-refractivity contribution is 0.0745. The highest BCUT2D eigenvalue weighted by molar-refractivity contribution is 5.94. The Kier molecular flexibility index (Phi) is 4.18. The van der Waals surface area contributed by atoms with Crippen LogP contribution in [0.4, 0.5) is 4.39 Å². The molecule has 0 saturated heterocycles. The van der Waals surface area contributed by atoms with Crippen molar-refractivity contribution in [1.82, 2.24) is 14.9 Å². The molecule has 2 aromatic heterocycles. The van der Waals surface area contributed by atoms with Gasteiger partial charge in [-0.3, -0.25) is 9.78 Å². The Morgan fingerprint density at radius 1 is 1.21 bits per heavy atom. The molecule has 4 nitrogen and oxygen atoms in total. The van der Waals surface area contributed by atoms with Gasteiger partial charge in [-0.15, -0.1) is 0 Å². The summed E-state index contributed by atoms with van der Waals surface area (Å²) in [6.07, 6.45) is 2.99. The molecule has 0 saturated carbocycles. The molecule has 2 heterocycles. The van der Waals surface area contributed by atoms with Crippen LogP contribution in [0.25, 0.3) is 0 Å². The summed E-state index contributed by atoms with van der Waals surface area (Å²) in [5.74, 6) is -1.12. The molecule has 0 unspecified atom stereocenters. The number of nitrogens with zero attached hydrogens (tertiary/aromatic N) is 3. The second-order valence-corrected chi connectivity index (χ2v) is 3.98. The maximum absolute atomic E-state index is 13.5. The molecular weight excluding hydrogens is 245 g/mol. The van der Waals surface area contributed by atoms with Crippen LogP contribution in [0, 0.1) is 5.95 Å². The van der Waals surface area contributed by atoms with E-state index in [1.807, 2.05) is 25.1 Å². The van der Waals surface area contributed by atoms with Crippen molar-refractivity contribution in [2.45, 2.75) is 13.5 Å². The highest BCUT2D eigenvalue weighted by atomic mass is 19.1. The number of carbonyl (C=O) groups is 1. The maximum Gasteiger partial charge on any atom is 0.258 e. The molecule has 0 aliphatic heterocycles. The van der Waals surface area contributed by atoms with Gasteiger partial charge >= 0.3 is 0 Å². The second-order valence-electron chi connectivity index (χ2n) is 3.98.